The van der Waals surface area contributed by atoms with E-state index in [4.69, 9.17) is 32.7 Å². The Morgan fingerprint density at radius 2 is 1.48 bits per heavy atom. The number of alkyl halides is 3. The Bertz CT molecular complexity index is 3130. The van der Waals surface area contributed by atoms with Gasteiger partial charge in [-0.3, -0.25) is 19.2 Å². The van der Waals surface area contributed by atoms with Gasteiger partial charge in [0.1, 0.15) is 22.8 Å². The van der Waals surface area contributed by atoms with Crippen LogP contribution in [0.5, 0.6) is 17.2 Å². The summed E-state index contributed by atoms with van der Waals surface area (Å²) in [4.78, 5) is 88.3. The molecule has 2 atom stereocenters. The molecule has 0 aliphatic rings. The van der Waals surface area contributed by atoms with Crippen molar-refractivity contribution in [2.75, 3.05) is 18.8 Å². The van der Waals surface area contributed by atoms with Gasteiger partial charge in [-0.15, -0.1) is 23.2 Å². The van der Waals surface area contributed by atoms with Gasteiger partial charge < -0.3 is 32.9 Å². The fourth-order valence-corrected chi connectivity index (χ4v) is 7.43. The Morgan fingerprint density at radius 3 is 2.11 bits per heavy atom. The molecule has 3 aromatic heterocycles. The van der Waals surface area contributed by atoms with E-state index in [1.807, 2.05) is 0 Å². The molecule has 0 bridgehead atoms. The fraction of sp³-hybridized carbons (Fsp3) is 0.306. The Hall–Kier alpha value is -8.15. The van der Waals surface area contributed by atoms with E-state index in [0.29, 0.717) is 39.1 Å². The number of nitrogens with zero attached hydrogens (tertiary/aromatic N) is 6. The number of carbonyl (C=O) groups is 5. The number of hydrogen-bond acceptors (Lipinski definition) is 17. The first-order valence-electron chi connectivity index (χ1n) is 22.2. The minimum absolute atomic E-state index is 0.00712. The maximum absolute atomic E-state index is 15.5. The summed E-state index contributed by atoms with van der Waals surface area (Å²) in [7, 11) is -3.56. The smallest absolute Gasteiger partial charge is 0.493 e. The third kappa shape index (κ3) is 15.0. The van der Waals surface area contributed by atoms with E-state index in [1.165, 1.54) is 49.1 Å². The van der Waals surface area contributed by atoms with E-state index < -0.39 is 91.5 Å². The Morgan fingerprint density at radius 1 is 0.813 bits per heavy atom. The monoisotopic (exact) mass is 1070 g/mol. The number of carbonyl (C=O) groups excluding carboxylic acids is 5. The van der Waals surface area contributed by atoms with Crippen molar-refractivity contribution >= 4 is 49.6 Å². The molecule has 0 aliphatic heterocycles. The lowest BCUT2D eigenvalue weighted by atomic mass is 10.0. The normalized spacial score (nSPS) is 12.9. The van der Waals surface area contributed by atoms with E-state index in [1.54, 1.807) is 71.9 Å². The number of pyridine rings is 2. The van der Waals surface area contributed by atoms with Gasteiger partial charge in [0.25, 0.3) is 11.9 Å². The van der Waals surface area contributed by atoms with Crippen LogP contribution in [0, 0.1) is 12.7 Å². The number of fused-ring (bicyclic) bond motifs is 1. The molecule has 0 saturated carbocycles. The van der Waals surface area contributed by atoms with Gasteiger partial charge in [-0.25, -0.2) is 37.5 Å². The van der Waals surface area contributed by atoms with Crippen molar-refractivity contribution in [2.45, 2.75) is 85.6 Å². The van der Waals surface area contributed by atoms with Crippen LogP contribution in [0.25, 0.3) is 16.8 Å². The van der Waals surface area contributed by atoms with E-state index >= 15 is 4.39 Å². The second-order valence-electron chi connectivity index (χ2n) is 18.0. The molecule has 1 N–H and O–H groups in total. The number of amides is 4. The second kappa shape index (κ2) is 22.5. The van der Waals surface area contributed by atoms with Crippen LogP contribution in [-0.2, 0) is 34.6 Å². The summed E-state index contributed by atoms with van der Waals surface area (Å²) in [5.41, 5.74) is -2.07. The molecule has 6 rings (SSSR count). The summed E-state index contributed by atoms with van der Waals surface area (Å²) in [5, 5.41) is 4.26. The lowest BCUT2D eigenvalue weighted by Gasteiger charge is -2.28. The van der Waals surface area contributed by atoms with E-state index in [9.17, 15) is 46.6 Å². The number of imide groups is 2. The highest BCUT2D eigenvalue weighted by Gasteiger charge is 2.38. The molecule has 0 fully saturated rings. The minimum Gasteiger partial charge on any atom is -0.493 e. The molecule has 2 unspecified atom stereocenters. The Balaban J connectivity index is 1.27. The summed E-state index contributed by atoms with van der Waals surface area (Å²) in [6.45, 7) is 10.6. The first-order valence-corrected chi connectivity index (χ1v) is 23.7. The summed E-state index contributed by atoms with van der Waals surface area (Å²) >= 11 is 0. The van der Waals surface area contributed by atoms with E-state index in [-0.39, 0.29) is 46.1 Å². The zero-order valence-electron chi connectivity index (χ0n) is 41.5. The average Bonchev–Trinajstić information content (AvgIpc) is 3.73. The van der Waals surface area contributed by atoms with Crippen molar-refractivity contribution in [2.24, 2.45) is 0 Å². The summed E-state index contributed by atoms with van der Waals surface area (Å²) in [5.74, 6) is -5.34. The number of methoxy groups -OCH3 is 1. The van der Waals surface area contributed by atoms with Crippen LogP contribution in [0.4, 0.5) is 37.9 Å². The van der Waals surface area contributed by atoms with Crippen LogP contribution in [-0.4, -0.2) is 91.0 Å². The van der Waals surface area contributed by atoms with Gasteiger partial charge in [-0.1, -0.05) is 30.3 Å². The summed E-state index contributed by atoms with van der Waals surface area (Å²) in [6.07, 6.45) is -6.28. The molecule has 4 amide bonds. The van der Waals surface area contributed by atoms with Gasteiger partial charge in [0.2, 0.25) is 6.79 Å². The molecule has 26 heteroatoms. The van der Waals surface area contributed by atoms with Crippen molar-refractivity contribution in [3.63, 3.8) is 0 Å². The molecule has 3 aromatic carbocycles. The molecule has 6 aromatic rings. The van der Waals surface area contributed by atoms with Crippen LogP contribution >= 0.6 is 7.82 Å². The van der Waals surface area contributed by atoms with E-state index in [2.05, 4.69) is 19.8 Å². The van der Waals surface area contributed by atoms with Crippen molar-refractivity contribution in [1.82, 2.24) is 24.5 Å². The number of ether oxygens (including phenoxy) is 6. The molecule has 75 heavy (non-hydrogen) atoms. The molecule has 0 aliphatic carbocycles. The molecule has 21 nitrogen and oxygen atoms in total. The molecular formula is C49H49F4N6O15P. The Kier molecular flexibility index (Phi) is 16.9. The van der Waals surface area contributed by atoms with Crippen molar-refractivity contribution < 1.29 is 88.5 Å². The number of aryl methyl sites for hydroxylation is 1. The van der Waals surface area contributed by atoms with Crippen LogP contribution in [0.3, 0.4) is 0 Å². The SMILES string of the molecule is COc1cc(C(=O)OCOC(=O)N(C(=O)c2cc(-c3ccn4nc(N(C(=O)OC(C)(C)C)C(=O)OC(C)(C)C)nc4c3)cnc2C)C(C)c2cc(OC(F)(F)F)ccc2F)ccc1OP(=O)(O)OCc1ccccc1. The number of hydrogen-bond donors (Lipinski definition) is 1. The summed E-state index contributed by atoms with van der Waals surface area (Å²) < 4.78 is 110. The third-order valence-corrected chi connectivity index (χ3v) is 10.9. The lowest BCUT2D eigenvalue weighted by molar-refractivity contribution is -0.274. The van der Waals surface area contributed by atoms with Crippen LogP contribution in [0.15, 0.2) is 97.3 Å². The van der Waals surface area contributed by atoms with Crippen molar-refractivity contribution in [3.05, 3.63) is 131 Å². The predicted octanol–water partition coefficient (Wildman–Crippen LogP) is 10.7. The van der Waals surface area contributed by atoms with Crippen LogP contribution < -0.4 is 18.9 Å². The first kappa shape index (κ1) is 56.2. The van der Waals surface area contributed by atoms with Crippen molar-refractivity contribution in [3.8, 4) is 28.4 Å². The average molecular weight is 1070 g/mol. The maximum Gasteiger partial charge on any atom is 0.573 e. The maximum atomic E-state index is 15.5. The van der Waals surface area contributed by atoms with Gasteiger partial charge in [0, 0.05) is 23.5 Å². The van der Waals surface area contributed by atoms with Crippen LogP contribution in [0.1, 0.15) is 92.0 Å². The molecule has 0 saturated heterocycles. The second-order valence-corrected chi connectivity index (χ2v) is 19.4. The number of phosphoric acid groups is 1. The third-order valence-electron chi connectivity index (χ3n) is 10.0. The topological polar surface area (TPSA) is 246 Å². The van der Waals surface area contributed by atoms with E-state index in [0.717, 1.165) is 25.1 Å². The molecular weight excluding hydrogens is 1020 g/mol. The lowest BCUT2D eigenvalue weighted by Crippen LogP contribution is -2.44. The number of anilines is 1. The number of benzene rings is 3. The van der Waals surface area contributed by atoms with Gasteiger partial charge in [-0.05, 0) is 121 Å². The molecule has 0 radical (unpaired) electrons. The number of rotatable bonds is 15. The number of phosphoric ester groups is 1. The minimum atomic E-state index is -5.21. The van der Waals surface area contributed by atoms with Crippen molar-refractivity contribution in [1.29, 1.82) is 0 Å². The molecule has 398 valence electrons. The number of aromatic nitrogens is 4. The zero-order chi connectivity index (χ0) is 55.2. The predicted molar refractivity (Wildman–Crippen MR) is 255 cm³/mol. The number of halogens is 4. The highest BCUT2D eigenvalue weighted by Crippen LogP contribution is 2.47. The van der Waals surface area contributed by atoms with Gasteiger partial charge >= 0.3 is 38.4 Å². The van der Waals surface area contributed by atoms with Gasteiger partial charge in [-0.2, -0.15) is 4.98 Å². The quantitative estimate of drug-likeness (QED) is 0.0330. The fourth-order valence-electron chi connectivity index (χ4n) is 6.67. The molecule has 0 spiro atoms. The highest BCUT2D eigenvalue weighted by atomic mass is 31.2. The molecule has 3 heterocycles. The van der Waals surface area contributed by atoms with Crippen LogP contribution in [0.2, 0.25) is 0 Å². The highest BCUT2D eigenvalue weighted by molar-refractivity contribution is 7.47. The van der Waals surface area contributed by atoms with Gasteiger partial charge in [0.05, 0.1) is 36.6 Å². The summed E-state index contributed by atoms with van der Waals surface area (Å²) in [6, 6.07) is 16.2. The Labute approximate surface area is 425 Å². The largest absolute Gasteiger partial charge is 0.573 e. The zero-order valence-corrected chi connectivity index (χ0v) is 42.4. The van der Waals surface area contributed by atoms with Gasteiger partial charge in [0.15, 0.2) is 17.1 Å². The standard InChI is InChI=1S/C49H49F4N6O15P/c1-28-35(21-33(25-54-28)31-19-20-57-40(23-31)55-43(56-57)59(45(63)72-47(3,4)5)46(64)73-48(6,7)8)41(60)58(29(2)36-24-34(16-17-37(36)50)71-49(51,52)53)44(62)69-27-68-42(61)32-15-18-38(39(22-32)67-9)74-75(65,66)70-26-30-13-11-10-12-14-30/h10-25,29H,26-27H2,1-9H3,(H,65,66). The first-order chi connectivity index (χ1) is 35.0. The number of esters is 1.